The molecule has 0 aromatic carbocycles. The number of ether oxygens (including phenoxy) is 1. The molecule has 0 aliphatic carbocycles. The molecule has 4 rings (SSSR count). The van der Waals surface area contributed by atoms with Gasteiger partial charge in [0.05, 0.1) is 10.6 Å². The number of nitrogens with zero attached hydrogens (tertiary/aromatic N) is 3. The SMILES string of the molecule is c1cc(-c2ccc(CN3CCN(C4CCOCC4)CC3)s2)[nH]n1. The van der Waals surface area contributed by atoms with Crippen molar-refractivity contribution in [1.29, 1.82) is 0 Å². The van der Waals surface area contributed by atoms with Crippen LogP contribution in [0.15, 0.2) is 24.4 Å². The second-order valence-electron chi connectivity index (χ2n) is 6.39. The Morgan fingerprint density at radius 2 is 1.96 bits per heavy atom. The Kier molecular flexibility index (Phi) is 4.75. The van der Waals surface area contributed by atoms with E-state index < -0.39 is 0 Å². The van der Waals surface area contributed by atoms with Crippen molar-refractivity contribution < 1.29 is 4.74 Å². The van der Waals surface area contributed by atoms with Gasteiger partial charge in [-0.25, -0.2) is 0 Å². The average molecular weight is 332 g/mol. The third-order valence-electron chi connectivity index (χ3n) is 4.92. The number of hydrogen-bond donors (Lipinski definition) is 1. The van der Waals surface area contributed by atoms with Gasteiger partial charge in [-0.05, 0) is 31.0 Å². The second-order valence-corrected chi connectivity index (χ2v) is 7.56. The molecule has 0 atom stereocenters. The first-order chi connectivity index (χ1) is 11.4. The summed E-state index contributed by atoms with van der Waals surface area (Å²) in [5, 5.41) is 7.08. The van der Waals surface area contributed by atoms with E-state index in [-0.39, 0.29) is 0 Å². The molecule has 0 radical (unpaired) electrons. The van der Waals surface area contributed by atoms with Gasteiger partial charge in [-0.1, -0.05) is 0 Å². The molecule has 0 unspecified atom stereocenters. The van der Waals surface area contributed by atoms with Gasteiger partial charge >= 0.3 is 0 Å². The summed E-state index contributed by atoms with van der Waals surface area (Å²) in [6.07, 6.45) is 4.22. The molecule has 5 nitrogen and oxygen atoms in total. The first-order valence-corrected chi connectivity index (χ1v) is 9.33. The lowest BCUT2D eigenvalue weighted by atomic mass is 10.1. The van der Waals surface area contributed by atoms with E-state index in [0.29, 0.717) is 0 Å². The van der Waals surface area contributed by atoms with Gasteiger partial charge in [0, 0.05) is 63.1 Å². The van der Waals surface area contributed by atoms with Crippen molar-refractivity contribution in [3.05, 3.63) is 29.3 Å². The van der Waals surface area contributed by atoms with Gasteiger partial charge in [0.25, 0.3) is 0 Å². The second kappa shape index (κ2) is 7.13. The van der Waals surface area contributed by atoms with E-state index >= 15 is 0 Å². The van der Waals surface area contributed by atoms with Crippen molar-refractivity contribution in [2.75, 3.05) is 39.4 Å². The van der Waals surface area contributed by atoms with Crippen LogP contribution in [0.4, 0.5) is 0 Å². The lowest BCUT2D eigenvalue weighted by Crippen LogP contribution is -2.51. The van der Waals surface area contributed by atoms with Crippen molar-refractivity contribution in [3.8, 4) is 10.6 Å². The molecule has 0 spiro atoms. The minimum Gasteiger partial charge on any atom is -0.381 e. The van der Waals surface area contributed by atoms with Gasteiger partial charge in [0.15, 0.2) is 0 Å². The van der Waals surface area contributed by atoms with Crippen LogP contribution in [0.3, 0.4) is 0 Å². The fourth-order valence-corrected chi connectivity index (χ4v) is 4.58. The molecular weight excluding hydrogens is 308 g/mol. The number of aromatic amines is 1. The van der Waals surface area contributed by atoms with Crippen LogP contribution >= 0.6 is 11.3 Å². The largest absolute Gasteiger partial charge is 0.381 e. The Morgan fingerprint density at radius 1 is 1.13 bits per heavy atom. The highest BCUT2D eigenvalue weighted by atomic mass is 32.1. The molecule has 2 aromatic heterocycles. The Bertz CT molecular complexity index is 598. The summed E-state index contributed by atoms with van der Waals surface area (Å²) in [4.78, 5) is 7.97. The summed E-state index contributed by atoms with van der Waals surface area (Å²) in [6.45, 7) is 7.70. The summed E-state index contributed by atoms with van der Waals surface area (Å²) < 4.78 is 5.48. The van der Waals surface area contributed by atoms with Crippen molar-refractivity contribution in [1.82, 2.24) is 20.0 Å². The van der Waals surface area contributed by atoms with Gasteiger partial charge < -0.3 is 4.74 Å². The zero-order chi connectivity index (χ0) is 15.5. The molecule has 124 valence electrons. The van der Waals surface area contributed by atoms with Crippen LogP contribution < -0.4 is 0 Å². The summed E-state index contributed by atoms with van der Waals surface area (Å²) in [5.41, 5.74) is 1.12. The molecule has 0 amide bonds. The standard InChI is InChI=1S/C17H24N4OS/c1-2-17(16-3-6-18-19-16)23-15(1)13-20-7-9-21(10-8-20)14-4-11-22-12-5-14/h1-3,6,14H,4-5,7-13H2,(H,18,19). The third-order valence-corrected chi connectivity index (χ3v) is 6.02. The van der Waals surface area contributed by atoms with Gasteiger partial charge in [-0.15, -0.1) is 11.3 Å². The van der Waals surface area contributed by atoms with E-state index in [4.69, 9.17) is 4.74 Å². The summed E-state index contributed by atoms with van der Waals surface area (Å²) in [7, 11) is 0. The van der Waals surface area contributed by atoms with Crippen molar-refractivity contribution in [3.63, 3.8) is 0 Å². The maximum absolute atomic E-state index is 5.48. The molecule has 0 bridgehead atoms. The zero-order valence-electron chi connectivity index (χ0n) is 13.4. The van der Waals surface area contributed by atoms with Gasteiger partial charge in [-0.2, -0.15) is 5.10 Å². The van der Waals surface area contributed by atoms with E-state index in [1.54, 1.807) is 0 Å². The van der Waals surface area contributed by atoms with Crippen molar-refractivity contribution in [2.24, 2.45) is 0 Å². The molecule has 2 fully saturated rings. The Labute approximate surface area is 141 Å². The van der Waals surface area contributed by atoms with Crippen LogP contribution in [-0.4, -0.2) is 65.4 Å². The predicted molar refractivity (Wildman–Crippen MR) is 92.6 cm³/mol. The van der Waals surface area contributed by atoms with Crippen molar-refractivity contribution >= 4 is 11.3 Å². The van der Waals surface area contributed by atoms with E-state index in [1.165, 1.54) is 48.8 Å². The molecule has 2 aliphatic rings. The molecule has 2 aliphatic heterocycles. The summed E-state index contributed by atoms with van der Waals surface area (Å²) in [6, 6.07) is 7.24. The monoisotopic (exact) mass is 332 g/mol. The number of rotatable bonds is 4. The predicted octanol–water partition coefficient (Wildman–Crippen LogP) is 2.43. The number of hydrogen-bond acceptors (Lipinski definition) is 5. The number of thiophene rings is 1. The van der Waals surface area contributed by atoms with Gasteiger partial charge in [0.1, 0.15) is 0 Å². The van der Waals surface area contributed by atoms with E-state index in [2.05, 4.69) is 32.1 Å². The fraction of sp³-hybridized carbons (Fsp3) is 0.588. The molecule has 2 aromatic rings. The Balaban J connectivity index is 1.29. The number of piperazine rings is 1. The normalized spacial score (nSPS) is 21.7. The lowest BCUT2D eigenvalue weighted by molar-refractivity contribution is 0.0127. The molecule has 0 saturated carbocycles. The quantitative estimate of drug-likeness (QED) is 0.934. The summed E-state index contributed by atoms with van der Waals surface area (Å²) in [5.74, 6) is 0. The van der Waals surface area contributed by atoms with E-state index in [1.807, 2.05) is 23.6 Å². The third kappa shape index (κ3) is 3.66. The molecule has 4 heterocycles. The Hall–Kier alpha value is -1.21. The minimum absolute atomic E-state index is 0.750. The molecule has 6 heteroatoms. The minimum atomic E-state index is 0.750. The Morgan fingerprint density at radius 3 is 2.70 bits per heavy atom. The zero-order valence-corrected chi connectivity index (χ0v) is 14.2. The highest BCUT2D eigenvalue weighted by Crippen LogP contribution is 2.27. The number of H-pyrrole nitrogens is 1. The molecule has 1 N–H and O–H groups in total. The van der Waals surface area contributed by atoms with Crippen LogP contribution in [0.1, 0.15) is 17.7 Å². The van der Waals surface area contributed by atoms with Crippen LogP contribution in [-0.2, 0) is 11.3 Å². The molecule has 23 heavy (non-hydrogen) atoms. The van der Waals surface area contributed by atoms with Crippen LogP contribution in [0.2, 0.25) is 0 Å². The smallest absolute Gasteiger partial charge is 0.0749 e. The maximum Gasteiger partial charge on any atom is 0.0749 e. The number of nitrogens with one attached hydrogen (secondary N) is 1. The van der Waals surface area contributed by atoms with Crippen LogP contribution in [0, 0.1) is 0 Å². The summed E-state index contributed by atoms with van der Waals surface area (Å²) >= 11 is 1.87. The first kappa shape index (κ1) is 15.3. The maximum atomic E-state index is 5.48. The lowest BCUT2D eigenvalue weighted by Gasteiger charge is -2.40. The molecular formula is C17H24N4OS. The number of aromatic nitrogens is 2. The molecule has 2 saturated heterocycles. The average Bonchev–Trinajstić information content (AvgIpc) is 3.28. The fourth-order valence-electron chi connectivity index (χ4n) is 3.56. The highest BCUT2D eigenvalue weighted by molar-refractivity contribution is 7.15. The van der Waals surface area contributed by atoms with Gasteiger partial charge in [0.2, 0.25) is 0 Å². The topological polar surface area (TPSA) is 44.4 Å². The highest BCUT2D eigenvalue weighted by Gasteiger charge is 2.25. The van der Waals surface area contributed by atoms with E-state index in [0.717, 1.165) is 31.5 Å². The van der Waals surface area contributed by atoms with Gasteiger partial charge in [-0.3, -0.25) is 14.9 Å². The van der Waals surface area contributed by atoms with Crippen LogP contribution in [0.5, 0.6) is 0 Å². The van der Waals surface area contributed by atoms with E-state index in [9.17, 15) is 0 Å². The first-order valence-electron chi connectivity index (χ1n) is 8.51. The van der Waals surface area contributed by atoms with Crippen molar-refractivity contribution in [2.45, 2.75) is 25.4 Å². The van der Waals surface area contributed by atoms with Crippen LogP contribution in [0.25, 0.3) is 10.6 Å².